The average Bonchev–Trinajstić information content (AvgIpc) is 2.97. The van der Waals surface area contributed by atoms with Crippen LogP contribution in [0.25, 0.3) is 0 Å². The summed E-state index contributed by atoms with van der Waals surface area (Å²) in [4.78, 5) is 18.8. The zero-order valence-corrected chi connectivity index (χ0v) is 11.9. The number of hydrogen-bond donors (Lipinski definition) is 1. The summed E-state index contributed by atoms with van der Waals surface area (Å²) in [5, 5.41) is 2.75. The second-order valence-electron chi connectivity index (χ2n) is 4.91. The summed E-state index contributed by atoms with van der Waals surface area (Å²) in [6.07, 6.45) is 4.48. The summed E-state index contributed by atoms with van der Waals surface area (Å²) in [5.41, 5.74) is 6.04. The molecule has 1 aliphatic carbocycles. The highest BCUT2D eigenvalue weighted by atomic mass is 32.1. The first-order valence-corrected chi connectivity index (χ1v) is 7.63. The summed E-state index contributed by atoms with van der Waals surface area (Å²) in [7, 11) is 0. The molecule has 0 aliphatic heterocycles. The van der Waals surface area contributed by atoms with E-state index < -0.39 is 0 Å². The predicted octanol–water partition coefficient (Wildman–Crippen LogP) is 2.04. The molecule has 0 bridgehead atoms. The Morgan fingerprint density at radius 3 is 3.05 bits per heavy atom. The van der Waals surface area contributed by atoms with Crippen molar-refractivity contribution in [1.29, 1.82) is 0 Å². The lowest BCUT2D eigenvalue weighted by Gasteiger charge is -2.20. The van der Waals surface area contributed by atoms with E-state index in [1.807, 2.05) is 22.4 Å². The van der Waals surface area contributed by atoms with E-state index in [0.29, 0.717) is 24.8 Å². The molecule has 106 valence electrons. The van der Waals surface area contributed by atoms with Crippen LogP contribution in [0.15, 0.2) is 28.2 Å². The van der Waals surface area contributed by atoms with E-state index >= 15 is 0 Å². The summed E-state index contributed by atoms with van der Waals surface area (Å²) >= 11 is 1.50. The van der Waals surface area contributed by atoms with Gasteiger partial charge in [-0.15, -0.1) is 11.3 Å². The van der Waals surface area contributed by atoms with Crippen molar-refractivity contribution in [3.63, 3.8) is 0 Å². The summed E-state index contributed by atoms with van der Waals surface area (Å²) in [5.74, 6) is 0.797. The van der Waals surface area contributed by atoms with Gasteiger partial charge in [-0.1, -0.05) is 0 Å². The molecule has 5 nitrogen and oxygen atoms in total. The lowest BCUT2D eigenvalue weighted by atomic mass is 10.3. The van der Waals surface area contributed by atoms with E-state index in [1.54, 1.807) is 6.26 Å². The van der Waals surface area contributed by atoms with Crippen LogP contribution in [-0.2, 0) is 13.0 Å². The molecular formula is C14H17N3O2S. The fourth-order valence-electron chi connectivity index (χ4n) is 2.12. The van der Waals surface area contributed by atoms with Crippen LogP contribution in [-0.4, -0.2) is 28.4 Å². The van der Waals surface area contributed by atoms with Crippen molar-refractivity contribution < 1.29 is 9.21 Å². The quantitative estimate of drug-likeness (QED) is 0.884. The normalized spacial score (nSPS) is 14.4. The van der Waals surface area contributed by atoms with Gasteiger partial charge in [-0.05, 0) is 31.5 Å². The lowest BCUT2D eigenvalue weighted by Crippen LogP contribution is -2.32. The van der Waals surface area contributed by atoms with Gasteiger partial charge in [0.25, 0.3) is 5.91 Å². The lowest BCUT2D eigenvalue weighted by molar-refractivity contribution is 0.0712. The summed E-state index contributed by atoms with van der Waals surface area (Å²) < 4.78 is 5.34. The number of carbonyl (C=O) groups excluding carboxylic acids is 1. The number of furan rings is 1. The fraction of sp³-hybridized carbons (Fsp3) is 0.429. The van der Waals surface area contributed by atoms with Crippen LogP contribution in [0.5, 0.6) is 0 Å². The van der Waals surface area contributed by atoms with E-state index in [2.05, 4.69) is 4.98 Å². The second-order valence-corrected chi connectivity index (χ2v) is 5.85. The molecule has 0 atom stereocenters. The third-order valence-corrected chi connectivity index (χ3v) is 4.19. The molecule has 3 rings (SSSR count). The number of amides is 1. The first-order valence-electron chi connectivity index (χ1n) is 6.75. The highest BCUT2D eigenvalue weighted by Gasteiger charge is 2.34. The minimum Gasteiger partial charge on any atom is -0.467 e. The van der Waals surface area contributed by atoms with E-state index in [0.717, 1.165) is 30.0 Å². The Bertz CT molecular complexity index is 575. The molecular weight excluding hydrogens is 274 g/mol. The van der Waals surface area contributed by atoms with E-state index in [-0.39, 0.29) is 5.91 Å². The largest absolute Gasteiger partial charge is 0.467 e. The van der Waals surface area contributed by atoms with Gasteiger partial charge in [0.1, 0.15) is 11.5 Å². The molecule has 0 spiro atoms. The first kappa shape index (κ1) is 13.3. The Morgan fingerprint density at radius 2 is 2.40 bits per heavy atom. The fourth-order valence-corrected chi connectivity index (χ4v) is 2.91. The van der Waals surface area contributed by atoms with Gasteiger partial charge in [-0.3, -0.25) is 4.79 Å². The van der Waals surface area contributed by atoms with Crippen molar-refractivity contribution >= 4 is 17.2 Å². The third-order valence-electron chi connectivity index (χ3n) is 3.28. The van der Waals surface area contributed by atoms with Crippen LogP contribution >= 0.6 is 11.3 Å². The van der Waals surface area contributed by atoms with Gasteiger partial charge in [0.2, 0.25) is 0 Å². The highest BCUT2D eigenvalue weighted by molar-refractivity contribution is 7.09. The standard InChI is InChI=1S/C14H17N3O2S/c15-6-5-13-16-12(9-20-13)14(18)17(10-3-4-10)8-11-2-1-7-19-11/h1-2,7,9-10H,3-6,8,15H2. The topological polar surface area (TPSA) is 72.4 Å². The van der Waals surface area contributed by atoms with Crippen LogP contribution in [0.3, 0.4) is 0 Å². The van der Waals surface area contributed by atoms with E-state index in [1.165, 1.54) is 11.3 Å². The third kappa shape index (κ3) is 2.91. The van der Waals surface area contributed by atoms with Gasteiger partial charge in [0, 0.05) is 17.8 Å². The maximum Gasteiger partial charge on any atom is 0.273 e. The molecule has 0 unspecified atom stereocenters. The molecule has 1 fully saturated rings. The number of hydrogen-bond acceptors (Lipinski definition) is 5. The van der Waals surface area contributed by atoms with Gasteiger partial charge in [-0.2, -0.15) is 0 Å². The Labute approximate surface area is 121 Å². The highest BCUT2D eigenvalue weighted by Crippen LogP contribution is 2.30. The van der Waals surface area contributed by atoms with Gasteiger partial charge < -0.3 is 15.1 Å². The van der Waals surface area contributed by atoms with Gasteiger partial charge in [0.05, 0.1) is 17.8 Å². The first-order chi connectivity index (χ1) is 9.78. The van der Waals surface area contributed by atoms with Crippen LogP contribution in [0, 0.1) is 0 Å². The average molecular weight is 291 g/mol. The second kappa shape index (κ2) is 5.76. The van der Waals surface area contributed by atoms with Crippen molar-refractivity contribution in [1.82, 2.24) is 9.88 Å². The van der Waals surface area contributed by atoms with Crippen molar-refractivity contribution in [2.75, 3.05) is 6.54 Å². The molecule has 2 N–H and O–H groups in total. The molecule has 1 amide bonds. The number of nitrogens with two attached hydrogens (primary N) is 1. The number of carbonyl (C=O) groups is 1. The molecule has 2 aromatic rings. The number of aromatic nitrogens is 1. The smallest absolute Gasteiger partial charge is 0.273 e. The Hall–Kier alpha value is -1.66. The SMILES string of the molecule is NCCc1nc(C(=O)N(Cc2ccco2)C2CC2)cs1. The number of thiazole rings is 1. The molecule has 2 aromatic heterocycles. The molecule has 0 radical (unpaired) electrons. The molecule has 0 aromatic carbocycles. The van der Waals surface area contributed by atoms with Gasteiger partial charge in [0.15, 0.2) is 0 Å². The predicted molar refractivity (Wildman–Crippen MR) is 76.5 cm³/mol. The molecule has 0 saturated heterocycles. The minimum absolute atomic E-state index is 0.0107. The molecule has 2 heterocycles. The molecule has 1 saturated carbocycles. The van der Waals surface area contributed by atoms with Crippen LogP contribution in [0.1, 0.15) is 34.1 Å². The van der Waals surface area contributed by atoms with Crippen LogP contribution < -0.4 is 5.73 Å². The Kier molecular flexibility index (Phi) is 3.84. The van der Waals surface area contributed by atoms with Crippen LogP contribution in [0.4, 0.5) is 0 Å². The van der Waals surface area contributed by atoms with Crippen molar-refractivity contribution in [2.24, 2.45) is 5.73 Å². The minimum atomic E-state index is -0.0107. The number of rotatable bonds is 6. The monoisotopic (exact) mass is 291 g/mol. The van der Waals surface area contributed by atoms with Gasteiger partial charge >= 0.3 is 0 Å². The van der Waals surface area contributed by atoms with Crippen molar-refractivity contribution in [3.05, 3.63) is 40.2 Å². The van der Waals surface area contributed by atoms with E-state index in [4.69, 9.17) is 10.2 Å². The Balaban J connectivity index is 1.74. The van der Waals surface area contributed by atoms with Crippen molar-refractivity contribution in [2.45, 2.75) is 31.8 Å². The van der Waals surface area contributed by atoms with Crippen LogP contribution in [0.2, 0.25) is 0 Å². The maximum absolute atomic E-state index is 12.6. The van der Waals surface area contributed by atoms with Gasteiger partial charge in [-0.25, -0.2) is 4.98 Å². The Morgan fingerprint density at radius 1 is 1.55 bits per heavy atom. The summed E-state index contributed by atoms with van der Waals surface area (Å²) in [6.45, 7) is 1.07. The molecule has 20 heavy (non-hydrogen) atoms. The maximum atomic E-state index is 12.6. The zero-order valence-electron chi connectivity index (χ0n) is 11.1. The summed E-state index contributed by atoms with van der Waals surface area (Å²) in [6, 6.07) is 4.06. The molecule has 6 heteroatoms. The zero-order chi connectivity index (χ0) is 13.9. The molecule has 1 aliphatic rings. The van der Waals surface area contributed by atoms with E-state index in [9.17, 15) is 4.79 Å². The number of nitrogens with zero attached hydrogens (tertiary/aromatic N) is 2. The van der Waals surface area contributed by atoms with Crippen molar-refractivity contribution in [3.8, 4) is 0 Å².